The van der Waals surface area contributed by atoms with Crippen molar-refractivity contribution in [1.82, 2.24) is 9.88 Å². The van der Waals surface area contributed by atoms with Gasteiger partial charge in [-0.15, -0.1) is 13.2 Å². The molecule has 1 saturated heterocycles. The summed E-state index contributed by atoms with van der Waals surface area (Å²) in [6.45, 7) is 3.18. The lowest BCUT2D eigenvalue weighted by Gasteiger charge is -2.55. The van der Waals surface area contributed by atoms with Crippen LogP contribution in [0, 0.1) is 5.41 Å². The Hall–Kier alpha value is -2.32. The molecule has 27 heavy (non-hydrogen) atoms. The Balaban J connectivity index is 2.02. The highest BCUT2D eigenvalue weighted by atomic mass is 19.4. The van der Waals surface area contributed by atoms with Crippen LogP contribution in [0.4, 0.5) is 13.2 Å². The van der Waals surface area contributed by atoms with Gasteiger partial charge in [-0.1, -0.05) is 19.1 Å². The van der Waals surface area contributed by atoms with Gasteiger partial charge in [-0.2, -0.15) is 0 Å². The lowest BCUT2D eigenvalue weighted by atomic mass is 9.62. The Labute approximate surface area is 155 Å². The minimum atomic E-state index is -4.76. The molecule has 3 rings (SSSR count). The molecule has 1 atom stereocenters. The van der Waals surface area contributed by atoms with E-state index in [-0.39, 0.29) is 5.75 Å². The van der Waals surface area contributed by atoms with Crippen molar-refractivity contribution >= 4 is 0 Å². The number of nitrogens with zero attached hydrogens (tertiary/aromatic N) is 2. The van der Waals surface area contributed by atoms with Crippen LogP contribution in [0.15, 0.2) is 42.6 Å². The van der Waals surface area contributed by atoms with Crippen LogP contribution in [0.25, 0.3) is 0 Å². The van der Waals surface area contributed by atoms with Gasteiger partial charge in [-0.3, -0.25) is 0 Å². The average Bonchev–Trinajstić information content (AvgIpc) is 2.59. The number of hydrogen-bond acceptors (Lipinski definition) is 5. The van der Waals surface area contributed by atoms with Crippen molar-refractivity contribution in [2.45, 2.75) is 18.9 Å². The molecular formula is C19H21F3N2O3. The van der Waals surface area contributed by atoms with Crippen molar-refractivity contribution in [3.8, 4) is 11.6 Å². The van der Waals surface area contributed by atoms with E-state index >= 15 is 0 Å². The minimum absolute atomic E-state index is 0.336. The van der Waals surface area contributed by atoms with Gasteiger partial charge in [0, 0.05) is 36.3 Å². The second-order valence-electron chi connectivity index (χ2n) is 7.10. The summed E-state index contributed by atoms with van der Waals surface area (Å²) in [6, 6.07) is 8.68. The van der Waals surface area contributed by atoms with E-state index in [2.05, 4.69) is 14.6 Å². The van der Waals surface area contributed by atoms with Crippen LogP contribution in [0.5, 0.6) is 11.6 Å². The molecule has 1 fully saturated rings. The zero-order valence-electron chi connectivity index (χ0n) is 15.2. The maximum absolute atomic E-state index is 12.4. The maximum atomic E-state index is 12.4. The highest BCUT2D eigenvalue weighted by molar-refractivity contribution is 5.42. The lowest BCUT2D eigenvalue weighted by Crippen LogP contribution is -2.63. The largest absolute Gasteiger partial charge is 0.573 e. The molecule has 0 aliphatic carbocycles. The topological polar surface area (TPSA) is 54.8 Å². The van der Waals surface area contributed by atoms with E-state index in [0.29, 0.717) is 30.1 Å². The third-order valence-corrected chi connectivity index (χ3v) is 4.98. The molecule has 146 valence electrons. The maximum Gasteiger partial charge on any atom is 0.573 e. The molecule has 8 heteroatoms. The number of rotatable bonds is 5. The quantitative estimate of drug-likeness (QED) is 0.861. The van der Waals surface area contributed by atoms with Crippen LogP contribution in [0.3, 0.4) is 0 Å². The SMILES string of the molecule is COc1ccc(C(O)(c2ccc(OC(F)(F)F)cc2)C2(C)CN(C)C2)cn1. The molecule has 0 saturated carbocycles. The van der Waals surface area contributed by atoms with E-state index in [0.717, 1.165) is 0 Å². The summed E-state index contributed by atoms with van der Waals surface area (Å²) < 4.78 is 46.2. The number of pyridine rings is 1. The number of alkyl halides is 3. The first-order valence-electron chi connectivity index (χ1n) is 8.35. The fourth-order valence-electron chi connectivity index (χ4n) is 3.85. The number of aliphatic hydroxyl groups is 1. The van der Waals surface area contributed by atoms with Gasteiger partial charge in [0.15, 0.2) is 0 Å². The molecule has 1 aromatic heterocycles. The number of halogens is 3. The summed E-state index contributed by atoms with van der Waals surface area (Å²) in [5, 5.41) is 11.8. The van der Waals surface area contributed by atoms with Gasteiger partial charge in [0.1, 0.15) is 11.4 Å². The Morgan fingerprint density at radius 3 is 2.11 bits per heavy atom. The van der Waals surface area contributed by atoms with Gasteiger partial charge in [0.05, 0.1) is 7.11 Å². The second-order valence-corrected chi connectivity index (χ2v) is 7.10. The van der Waals surface area contributed by atoms with Gasteiger partial charge in [0.2, 0.25) is 5.88 Å². The summed E-state index contributed by atoms with van der Waals surface area (Å²) in [4.78, 5) is 6.24. The number of hydrogen-bond donors (Lipinski definition) is 1. The first kappa shape index (κ1) is 19.4. The van der Waals surface area contributed by atoms with E-state index in [1.54, 1.807) is 12.1 Å². The zero-order chi connectivity index (χ0) is 19.9. The summed E-state index contributed by atoms with van der Waals surface area (Å²) >= 11 is 0. The normalized spacial score (nSPS) is 19.1. The van der Waals surface area contributed by atoms with Gasteiger partial charge in [-0.05, 0) is 30.8 Å². The minimum Gasteiger partial charge on any atom is -0.481 e. The third kappa shape index (κ3) is 3.59. The zero-order valence-corrected chi connectivity index (χ0v) is 15.2. The number of aromatic nitrogens is 1. The van der Waals surface area contributed by atoms with E-state index in [1.807, 2.05) is 14.0 Å². The summed E-state index contributed by atoms with van der Waals surface area (Å²) in [5.74, 6) is 0.0724. The van der Waals surface area contributed by atoms with Crippen molar-refractivity contribution in [1.29, 1.82) is 0 Å². The average molecular weight is 382 g/mol. The van der Waals surface area contributed by atoms with Crippen LogP contribution in [0.1, 0.15) is 18.1 Å². The Kier molecular flexibility index (Phi) is 4.81. The second kappa shape index (κ2) is 6.69. The van der Waals surface area contributed by atoms with Crippen molar-refractivity contribution in [2.75, 3.05) is 27.2 Å². The van der Waals surface area contributed by atoms with E-state index in [1.165, 1.54) is 37.6 Å². The number of methoxy groups -OCH3 is 1. The molecule has 0 spiro atoms. The van der Waals surface area contributed by atoms with E-state index < -0.39 is 17.4 Å². The monoisotopic (exact) mass is 382 g/mol. The third-order valence-electron chi connectivity index (χ3n) is 4.98. The first-order chi connectivity index (χ1) is 12.6. The highest BCUT2D eigenvalue weighted by Crippen LogP contribution is 2.50. The Morgan fingerprint density at radius 2 is 1.67 bits per heavy atom. The van der Waals surface area contributed by atoms with Gasteiger partial charge in [-0.25, -0.2) is 4.98 Å². The van der Waals surface area contributed by atoms with E-state index in [4.69, 9.17) is 4.74 Å². The molecule has 0 bridgehead atoms. The fourth-order valence-corrected chi connectivity index (χ4v) is 3.85. The molecule has 0 amide bonds. The van der Waals surface area contributed by atoms with Crippen molar-refractivity contribution in [3.05, 3.63) is 53.7 Å². The molecule has 1 aliphatic rings. The molecule has 1 unspecified atom stereocenters. The summed E-state index contributed by atoms with van der Waals surface area (Å²) in [6.07, 6.45) is -3.23. The molecule has 2 aromatic rings. The predicted molar refractivity (Wildman–Crippen MR) is 92.5 cm³/mol. The highest BCUT2D eigenvalue weighted by Gasteiger charge is 2.55. The molecule has 1 aromatic carbocycles. The summed E-state index contributed by atoms with van der Waals surface area (Å²) in [7, 11) is 3.44. The smallest absolute Gasteiger partial charge is 0.481 e. The Morgan fingerprint density at radius 1 is 1.07 bits per heavy atom. The van der Waals surface area contributed by atoms with Gasteiger partial charge >= 0.3 is 6.36 Å². The molecule has 0 radical (unpaired) electrons. The van der Waals surface area contributed by atoms with Crippen molar-refractivity contribution in [2.24, 2.45) is 5.41 Å². The first-order valence-corrected chi connectivity index (χ1v) is 8.35. The van der Waals surface area contributed by atoms with Crippen LogP contribution < -0.4 is 9.47 Å². The van der Waals surface area contributed by atoms with Crippen LogP contribution in [0.2, 0.25) is 0 Å². The van der Waals surface area contributed by atoms with Crippen LogP contribution in [-0.2, 0) is 5.60 Å². The molecule has 1 N–H and O–H groups in total. The van der Waals surface area contributed by atoms with E-state index in [9.17, 15) is 18.3 Å². The molecule has 2 heterocycles. The van der Waals surface area contributed by atoms with Crippen molar-refractivity contribution < 1.29 is 27.8 Å². The Bertz CT molecular complexity index is 787. The number of benzene rings is 1. The van der Waals surface area contributed by atoms with Gasteiger partial charge < -0.3 is 19.5 Å². The lowest BCUT2D eigenvalue weighted by molar-refractivity contribution is -0.274. The molecule has 5 nitrogen and oxygen atoms in total. The predicted octanol–water partition coefficient (Wildman–Crippen LogP) is 3.18. The fraction of sp³-hybridized carbons (Fsp3) is 0.421. The number of likely N-dealkylation sites (tertiary alicyclic amines) is 1. The van der Waals surface area contributed by atoms with Gasteiger partial charge in [0.25, 0.3) is 0 Å². The van der Waals surface area contributed by atoms with Crippen LogP contribution >= 0.6 is 0 Å². The summed E-state index contributed by atoms with van der Waals surface area (Å²) in [5.41, 5.74) is -0.956. The molecule has 1 aliphatic heterocycles. The van der Waals surface area contributed by atoms with Crippen LogP contribution in [-0.4, -0.2) is 48.6 Å². The molecular weight excluding hydrogens is 361 g/mol. The van der Waals surface area contributed by atoms with Crippen molar-refractivity contribution in [3.63, 3.8) is 0 Å². The standard InChI is InChI=1S/C19H21F3N2O3/c1-17(11-24(2)12-17)18(25,14-6-9-16(26-3)23-10-14)13-4-7-15(8-5-13)27-19(20,21)22/h4-10,25H,11-12H2,1-3H3. The number of ether oxygens (including phenoxy) is 2.